The van der Waals surface area contributed by atoms with Gasteiger partial charge in [0.15, 0.2) is 5.82 Å². The topological polar surface area (TPSA) is 114 Å². The quantitative estimate of drug-likeness (QED) is 0.620. The Kier molecular flexibility index (Phi) is 5.02. The van der Waals surface area contributed by atoms with Crippen molar-refractivity contribution < 1.29 is 8.42 Å². The van der Waals surface area contributed by atoms with E-state index in [1.54, 1.807) is 26.1 Å². The Morgan fingerprint density at radius 2 is 1.93 bits per heavy atom. The van der Waals surface area contributed by atoms with Crippen molar-refractivity contribution >= 4 is 32.5 Å². The van der Waals surface area contributed by atoms with Crippen LogP contribution in [0.25, 0.3) is 22.4 Å². The number of pyridine rings is 1. The Balaban J connectivity index is 1.89. The second-order valence-electron chi connectivity index (χ2n) is 7.33. The SMILES string of the molecule is CC(C)NS(=O)(=O)c1cnc(-c2c(C#N)c3cnc(Cl)cc3n2C2CCC2)nc1. The van der Waals surface area contributed by atoms with Gasteiger partial charge in [-0.15, -0.1) is 0 Å². The number of hydrogen-bond donors (Lipinski definition) is 1. The first-order chi connectivity index (χ1) is 13.8. The summed E-state index contributed by atoms with van der Waals surface area (Å²) in [4.78, 5) is 12.7. The van der Waals surface area contributed by atoms with Gasteiger partial charge in [0.2, 0.25) is 10.0 Å². The van der Waals surface area contributed by atoms with Gasteiger partial charge >= 0.3 is 0 Å². The summed E-state index contributed by atoms with van der Waals surface area (Å²) in [6, 6.07) is 3.94. The van der Waals surface area contributed by atoms with Crippen LogP contribution in [-0.2, 0) is 10.0 Å². The maximum atomic E-state index is 12.4. The van der Waals surface area contributed by atoms with Crippen molar-refractivity contribution in [2.45, 2.75) is 50.1 Å². The highest BCUT2D eigenvalue weighted by Gasteiger charge is 2.29. The van der Waals surface area contributed by atoms with Gasteiger partial charge in [0, 0.05) is 23.7 Å². The Labute approximate surface area is 173 Å². The molecule has 29 heavy (non-hydrogen) atoms. The van der Waals surface area contributed by atoms with Crippen molar-refractivity contribution in [3.63, 3.8) is 0 Å². The molecule has 3 aromatic heterocycles. The fraction of sp³-hybridized carbons (Fsp3) is 0.368. The molecule has 1 aliphatic carbocycles. The molecule has 3 heterocycles. The minimum Gasteiger partial charge on any atom is -0.334 e. The second kappa shape index (κ2) is 7.37. The molecule has 0 saturated heterocycles. The van der Waals surface area contributed by atoms with Gasteiger partial charge in [-0.25, -0.2) is 28.1 Å². The molecule has 0 bridgehead atoms. The average Bonchev–Trinajstić information content (AvgIpc) is 2.93. The Hall–Kier alpha value is -2.54. The van der Waals surface area contributed by atoms with Crippen LogP contribution in [0.3, 0.4) is 0 Å². The van der Waals surface area contributed by atoms with E-state index >= 15 is 0 Å². The highest BCUT2D eigenvalue weighted by Crippen LogP contribution is 2.41. The first-order valence-corrected chi connectivity index (χ1v) is 11.1. The molecule has 0 spiro atoms. The molecule has 0 radical (unpaired) electrons. The summed E-state index contributed by atoms with van der Waals surface area (Å²) in [6.45, 7) is 3.48. The lowest BCUT2D eigenvalue weighted by Gasteiger charge is -2.29. The first kappa shape index (κ1) is 19.8. The molecule has 8 nitrogen and oxygen atoms in total. The van der Waals surface area contributed by atoms with Crippen molar-refractivity contribution in [1.82, 2.24) is 24.2 Å². The zero-order chi connectivity index (χ0) is 20.8. The van der Waals surface area contributed by atoms with E-state index in [-0.39, 0.29) is 17.0 Å². The molecule has 150 valence electrons. The number of hydrogen-bond acceptors (Lipinski definition) is 6. The highest BCUT2D eigenvalue weighted by molar-refractivity contribution is 7.89. The fourth-order valence-electron chi connectivity index (χ4n) is 3.49. The van der Waals surface area contributed by atoms with Crippen LogP contribution in [0, 0.1) is 11.3 Å². The maximum absolute atomic E-state index is 12.4. The molecule has 0 amide bonds. The van der Waals surface area contributed by atoms with Crippen molar-refractivity contribution in [2.75, 3.05) is 0 Å². The van der Waals surface area contributed by atoms with E-state index in [0.717, 1.165) is 24.8 Å². The molecular weight excluding hydrogens is 412 g/mol. The molecule has 0 unspecified atom stereocenters. The van der Waals surface area contributed by atoms with Crippen LogP contribution in [0.2, 0.25) is 5.15 Å². The average molecular weight is 431 g/mol. The Bertz CT molecular complexity index is 1220. The summed E-state index contributed by atoms with van der Waals surface area (Å²) in [5.41, 5.74) is 1.78. The van der Waals surface area contributed by atoms with E-state index in [9.17, 15) is 13.7 Å². The van der Waals surface area contributed by atoms with Crippen LogP contribution in [0.5, 0.6) is 0 Å². The third-order valence-electron chi connectivity index (χ3n) is 4.95. The summed E-state index contributed by atoms with van der Waals surface area (Å²) >= 11 is 6.11. The minimum absolute atomic E-state index is 0.0236. The van der Waals surface area contributed by atoms with E-state index < -0.39 is 10.0 Å². The number of aromatic nitrogens is 4. The predicted octanol–water partition coefficient (Wildman–Crippen LogP) is 3.43. The van der Waals surface area contributed by atoms with Gasteiger partial charge in [0.05, 0.1) is 23.5 Å². The van der Waals surface area contributed by atoms with E-state index in [0.29, 0.717) is 27.6 Å². The third kappa shape index (κ3) is 3.48. The molecule has 0 aliphatic heterocycles. The zero-order valence-electron chi connectivity index (χ0n) is 15.9. The standard InChI is InChI=1S/C19H19ClN6O2S/c1-11(2)25-29(27,28)13-8-23-19(24-9-13)18-14(7-21)15-10-22-17(20)6-16(15)26(18)12-4-3-5-12/h6,8-12,25H,3-5H2,1-2H3. The number of rotatable bonds is 5. The van der Waals surface area contributed by atoms with Crippen LogP contribution >= 0.6 is 11.6 Å². The second-order valence-corrected chi connectivity index (χ2v) is 9.43. The lowest BCUT2D eigenvalue weighted by Crippen LogP contribution is -2.30. The molecule has 0 aromatic carbocycles. The predicted molar refractivity (Wildman–Crippen MR) is 109 cm³/mol. The molecule has 0 atom stereocenters. The van der Waals surface area contributed by atoms with E-state index in [4.69, 9.17) is 11.6 Å². The van der Waals surface area contributed by atoms with Crippen LogP contribution in [0.4, 0.5) is 0 Å². The number of sulfonamides is 1. The van der Waals surface area contributed by atoms with Gasteiger partial charge in [-0.3, -0.25) is 0 Å². The number of halogens is 1. The van der Waals surface area contributed by atoms with Gasteiger partial charge in [0.25, 0.3) is 0 Å². The smallest absolute Gasteiger partial charge is 0.243 e. The Morgan fingerprint density at radius 3 is 2.48 bits per heavy atom. The molecular formula is C19H19ClN6O2S. The van der Waals surface area contributed by atoms with Crippen LogP contribution < -0.4 is 4.72 Å². The summed E-state index contributed by atoms with van der Waals surface area (Å²) in [6.07, 6.45) is 7.17. The molecule has 1 saturated carbocycles. The lowest BCUT2D eigenvalue weighted by molar-refractivity contribution is 0.323. The van der Waals surface area contributed by atoms with Gasteiger partial charge in [-0.2, -0.15) is 5.26 Å². The summed E-state index contributed by atoms with van der Waals surface area (Å²) < 4.78 is 29.2. The van der Waals surface area contributed by atoms with Crippen molar-refractivity contribution in [3.05, 3.63) is 35.4 Å². The van der Waals surface area contributed by atoms with Gasteiger partial charge in [-0.05, 0) is 39.2 Å². The lowest BCUT2D eigenvalue weighted by atomic mass is 9.92. The third-order valence-corrected chi connectivity index (χ3v) is 6.77. The Morgan fingerprint density at radius 1 is 1.24 bits per heavy atom. The maximum Gasteiger partial charge on any atom is 0.243 e. The van der Waals surface area contributed by atoms with E-state index in [2.05, 4.69) is 25.7 Å². The van der Waals surface area contributed by atoms with Crippen LogP contribution in [-0.4, -0.2) is 34.0 Å². The number of nitriles is 1. The molecule has 3 aromatic rings. The van der Waals surface area contributed by atoms with Crippen molar-refractivity contribution in [1.29, 1.82) is 5.26 Å². The minimum atomic E-state index is -3.70. The van der Waals surface area contributed by atoms with Gasteiger partial charge in [-0.1, -0.05) is 11.6 Å². The molecule has 4 rings (SSSR count). The monoisotopic (exact) mass is 430 g/mol. The summed E-state index contributed by atoms with van der Waals surface area (Å²) in [5.74, 6) is 0.296. The molecule has 10 heteroatoms. The van der Waals surface area contributed by atoms with Crippen LogP contribution in [0.15, 0.2) is 29.6 Å². The highest BCUT2D eigenvalue weighted by atomic mass is 35.5. The van der Waals surface area contributed by atoms with Gasteiger partial charge < -0.3 is 4.57 Å². The normalized spacial score (nSPS) is 14.9. The zero-order valence-corrected chi connectivity index (χ0v) is 17.5. The number of fused-ring (bicyclic) bond motifs is 1. The number of nitrogens with zero attached hydrogens (tertiary/aromatic N) is 5. The van der Waals surface area contributed by atoms with Gasteiger partial charge in [0.1, 0.15) is 21.8 Å². The summed E-state index contributed by atoms with van der Waals surface area (Å²) in [5, 5.41) is 10.9. The molecule has 1 aliphatic rings. The molecule has 1 fully saturated rings. The first-order valence-electron chi connectivity index (χ1n) is 9.26. The van der Waals surface area contributed by atoms with E-state index in [1.165, 1.54) is 12.4 Å². The van der Waals surface area contributed by atoms with E-state index in [1.807, 2.05) is 4.57 Å². The largest absolute Gasteiger partial charge is 0.334 e. The van der Waals surface area contributed by atoms with Crippen LogP contribution in [0.1, 0.15) is 44.7 Å². The van der Waals surface area contributed by atoms with Crippen molar-refractivity contribution in [2.24, 2.45) is 0 Å². The number of nitrogens with one attached hydrogen (secondary N) is 1. The molecule has 1 N–H and O–H groups in total. The fourth-order valence-corrected chi connectivity index (χ4v) is 4.78. The summed E-state index contributed by atoms with van der Waals surface area (Å²) in [7, 11) is -3.70. The van der Waals surface area contributed by atoms with Crippen molar-refractivity contribution in [3.8, 4) is 17.6 Å².